The molecule has 2 aromatic rings. The molecule has 4 rings (SSSR count). The number of benzene rings is 1. The molecule has 1 spiro atoms. The van der Waals surface area contributed by atoms with Crippen molar-refractivity contribution in [2.24, 2.45) is 0 Å². The van der Waals surface area contributed by atoms with Crippen LogP contribution in [0.3, 0.4) is 0 Å². The second-order valence-corrected chi connectivity index (χ2v) is 6.10. The largest absolute Gasteiger partial charge is 0.465 e. The zero-order chi connectivity index (χ0) is 16.6. The van der Waals surface area contributed by atoms with Crippen molar-refractivity contribution in [3.8, 4) is 0 Å². The molecule has 1 saturated heterocycles. The number of likely N-dealkylation sites (tertiary alicyclic amines) is 1. The number of hydrogen-bond donors (Lipinski definition) is 0. The molecule has 1 amide bonds. The first-order chi connectivity index (χ1) is 11.7. The average molecular weight is 323 g/mol. The number of fused-ring (bicyclic) bond motifs is 2. The van der Waals surface area contributed by atoms with Gasteiger partial charge in [0.15, 0.2) is 0 Å². The summed E-state index contributed by atoms with van der Waals surface area (Å²) in [7, 11) is 0. The van der Waals surface area contributed by atoms with Gasteiger partial charge in [0.2, 0.25) is 5.91 Å². The van der Waals surface area contributed by atoms with Crippen LogP contribution < -0.4 is 0 Å². The molecule has 0 N–H and O–H groups in total. The standard InChI is InChI=1S/C19H17NO4/c21-17(8-7-14-4-3-13-23-14)20-11-9-19(10-12-20)16-6-2-1-5-15(16)18(22)24-19/h1-8,13H,9-12H2. The minimum atomic E-state index is -0.574. The van der Waals surface area contributed by atoms with Gasteiger partial charge in [-0.25, -0.2) is 4.79 Å². The second kappa shape index (κ2) is 5.67. The van der Waals surface area contributed by atoms with E-state index in [0.29, 0.717) is 37.3 Å². The first kappa shape index (κ1) is 14.8. The van der Waals surface area contributed by atoms with Crippen molar-refractivity contribution < 1.29 is 18.7 Å². The lowest BCUT2D eigenvalue weighted by atomic mass is 9.84. The third kappa shape index (κ3) is 2.42. The van der Waals surface area contributed by atoms with Gasteiger partial charge >= 0.3 is 5.97 Å². The number of carbonyl (C=O) groups excluding carboxylic acids is 2. The Labute approximate surface area is 139 Å². The van der Waals surface area contributed by atoms with Gasteiger partial charge in [-0.15, -0.1) is 0 Å². The molecule has 5 heteroatoms. The van der Waals surface area contributed by atoms with Crippen LogP contribution in [0.2, 0.25) is 0 Å². The Hall–Kier alpha value is -2.82. The van der Waals surface area contributed by atoms with E-state index in [4.69, 9.17) is 9.15 Å². The van der Waals surface area contributed by atoms with Crippen LogP contribution in [0, 0.1) is 0 Å². The van der Waals surface area contributed by atoms with E-state index < -0.39 is 5.60 Å². The van der Waals surface area contributed by atoms with Gasteiger partial charge in [0.05, 0.1) is 11.8 Å². The molecule has 0 radical (unpaired) electrons. The lowest BCUT2D eigenvalue weighted by molar-refractivity contribution is -0.130. The zero-order valence-corrected chi connectivity index (χ0v) is 13.1. The fourth-order valence-electron chi connectivity index (χ4n) is 3.45. The van der Waals surface area contributed by atoms with Gasteiger partial charge in [0.1, 0.15) is 11.4 Å². The lowest BCUT2D eigenvalue weighted by Crippen LogP contribution is -2.44. The van der Waals surface area contributed by atoms with Crippen LogP contribution in [-0.2, 0) is 15.1 Å². The molecule has 0 atom stereocenters. The first-order valence-corrected chi connectivity index (χ1v) is 8.01. The molecule has 0 bridgehead atoms. The van der Waals surface area contributed by atoms with E-state index in [0.717, 1.165) is 5.56 Å². The smallest absolute Gasteiger partial charge is 0.339 e. The third-order valence-electron chi connectivity index (χ3n) is 4.74. The van der Waals surface area contributed by atoms with Gasteiger partial charge in [0, 0.05) is 37.6 Å². The molecule has 0 unspecified atom stereocenters. The fourth-order valence-corrected chi connectivity index (χ4v) is 3.45. The SMILES string of the molecule is O=C1OC2(CCN(C(=O)C=Cc3ccco3)CC2)c2ccccc21. The van der Waals surface area contributed by atoms with Gasteiger partial charge in [-0.05, 0) is 24.3 Å². The molecular formula is C19H17NO4. The molecule has 1 aromatic carbocycles. The van der Waals surface area contributed by atoms with Crippen LogP contribution >= 0.6 is 0 Å². The Kier molecular flexibility index (Phi) is 3.49. The predicted molar refractivity (Wildman–Crippen MR) is 87.1 cm³/mol. The Morgan fingerprint density at radius 2 is 1.92 bits per heavy atom. The van der Waals surface area contributed by atoms with Crippen molar-refractivity contribution in [2.75, 3.05) is 13.1 Å². The molecule has 24 heavy (non-hydrogen) atoms. The van der Waals surface area contributed by atoms with Crippen LogP contribution in [0.5, 0.6) is 0 Å². The average Bonchev–Trinajstić information content (AvgIpc) is 3.22. The van der Waals surface area contributed by atoms with E-state index in [1.54, 1.807) is 35.4 Å². The van der Waals surface area contributed by atoms with Crippen molar-refractivity contribution in [3.63, 3.8) is 0 Å². The topological polar surface area (TPSA) is 59.8 Å². The van der Waals surface area contributed by atoms with Gasteiger partial charge in [-0.2, -0.15) is 0 Å². The van der Waals surface area contributed by atoms with Crippen molar-refractivity contribution >= 4 is 18.0 Å². The molecule has 5 nitrogen and oxygen atoms in total. The zero-order valence-electron chi connectivity index (χ0n) is 13.1. The van der Waals surface area contributed by atoms with Gasteiger partial charge in [-0.1, -0.05) is 18.2 Å². The highest BCUT2D eigenvalue weighted by atomic mass is 16.6. The van der Waals surface area contributed by atoms with E-state index in [1.807, 2.05) is 18.2 Å². The molecule has 3 heterocycles. The number of carbonyl (C=O) groups is 2. The number of piperidine rings is 1. The first-order valence-electron chi connectivity index (χ1n) is 8.01. The minimum Gasteiger partial charge on any atom is -0.465 e. The van der Waals surface area contributed by atoms with Gasteiger partial charge < -0.3 is 14.1 Å². The summed E-state index contributed by atoms with van der Waals surface area (Å²) < 4.78 is 10.9. The Morgan fingerprint density at radius 1 is 1.12 bits per heavy atom. The molecule has 1 fully saturated rings. The molecule has 122 valence electrons. The Bertz CT molecular complexity index is 799. The summed E-state index contributed by atoms with van der Waals surface area (Å²) in [5, 5.41) is 0. The molecular weight excluding hydrogens is 306 g/mol. The fraction of sp³-hybridized carbons (Fsp3) is 0.263. The van der Waals surface area contributed by atoms with E-state index in [-0.39, 0.29) is 11.9 Å². The Balaban J connectivity index is 1.46. The number of furan rings is 1. The maximum atomic E-state index is 12.3. The summed E-state index contributed by atoms with van der Waals surface area (Å²) in [4.78, 5) is 26.1. The molecule has 2 aliphatic rings. The normalized spacial score (nSPS) is 18.8. The number of nitrogens with zero attached hydrogens (tertiary/aromatic N) is 1. The summed E-state index contributed by atoms with van der Waals surface area (Å²) in [5.41, 5.74) is 1.03. The van der Waals surface area contributed by atoms with Crippen LogP contribution in [-0.4, -0.2) is 29.9 Å². The maximum Gasteiger partial charge on any atom is 0.339 e. The van der Waals surface area contributed by atoms with E-state index >= 15 is 0 Å². The highest BCUT2D eigenvalue weighted by Gasteiger charge is 2.47. The molecule has 0 saturated carbocycles. The maximum absolute atomic E-state index is 12.3. The van der Waals surface area contributed by atoms with Crippen molar-refractivity contribution in [2.45, 2.75) is 18.4 Å². The number of ether oxygens (including phenoxy) is 1. The van der Waals surface area contributed by atoms with Crippen LogP contribution in [0.1, 0.15) is 34.5 Å². The Morgan fingerprint density at radius 3 is 2.67 bits per heavy atom. The van der Waals surface area contributed by atoms with Crippen molar-refractivity contribution in [1.29, 1.82) is 0 Å². The molecule has 1 aromatic heterocycles. The second-order valence-electron chi connectivity index (χ2n) is 6.10. The molecule has 2 aliphatic heterocycles. The van der Waals surface area contributed by atoms with E-state index in [9.17, 15) is 9.59 Å². The van der Waals surface area contributed by atoms with Gasteiger partial charge in [0.25, 0.3) is 0 Å². The summed E-state index contributed by atoms with van der Waals surface area (Å²) >= 11 is 0. The summed E-state index contributed by atoms with van der Waals surface area (Å²) in [6.07, 6.45) is 6.00. The van der Waals surface area contributed by atoms with Crippen LogP contribution in [0.15, 0.2) is 53.2 Å². The van der Waals surface area contributed by atoms with Crippen LogP contribution in [0.25, 0.3) is 6.08 Å². The van der Waals surface area contributed by atoms with E-state index in [2.05, 4.69) is 0 Å². The minimum absolute atomic E-state index is 0.0566. The number of amides is 1. The summed E-state index contributed by atoms with van der Waals surface area (Å²) in [5.74, 6) is 0.331. The number of hydrogen-bond acceptors (Lipinski definition) is 4. The van der Waals surface area contributed by atoms with Crippen molar-refractivity contribution in [3.05, 3.63) is 65.6 Å². The lowest BCUT2D eigenvalue weighted by Gasteiger charge is -2.38. The third-order valence-corrected chi connectivity index (χ3v) is 4.74. The van der Waals surface area contributed by atoms with Gasteiger partial charge in [-0.3, -0.25) is 4.79 Å². The van der Waals surface area contributed by atoms with Crippen LogP contribution in [0.4, 0.5) is 0 Å². The highest BCUT2D eigenvalue weighted by molar-refractivity contribution is 5.95. The number of esters is 1. The van der Waals surface area contributed by atoms with Crippen molar-refractivity contribution in [1.82, 2.24) is 4.90 Å². The summed E-state index contributed by atoms with van der Waals surface area (Å²) in [6, 6.07) is 11.1. The highest BCUT2D eigenvalue weighted by Crippen LogP contribution is 2.43. The monoisotopic (exact) mass is 323 g/mol. The summed E-state index contributed by atoms with van der Waals surface area (Å²) in [6.45, 7) is 1.12. The quantitative estimate of drug-likeness (QED) is 0.630. The predicted octanol–water partition coefficient (Wildman–Crippen LogP) is 2.98. The molecule has 0 aliphatic carbocycles. The van der Waals surface area contributed by atoms with E-state index in [1.165, 1.54) is 6.08 Å². The number of rotatable bonds is 2.